The van der Waals surface area contributed by atoms with Crippen LogP contribution in [-0.4, -0.2) is 32.4 Å². The lowest BCUT2D eigenvalue weighted by molar-refractivity contribution is -0.137. The highest BCUT2D eigenvalue weighted by atomic mass is 19.4. The standard InChI is InChI=1S/C25H21F3N2O3/c1-32-21-12-19-20(13-22(21)33-2)30(15-16-7-4-3-5-8-16)23(31)14-29-24(19)17-9-6-10-18(11-17)25(26,27)28/h3-13H,14-15H2,1-2H3. The molecule has 0 unspecified atom stereocenters. The molecule has 170 valence electrons. The van der Waals surface area contributed by atoms with Gasteiger partial charge >= 0.3 is 6.18 Å². The van der Waals surface area contributed by atoms with Crippen LogP contribution in [0.4, 0.5) is 18.9 Å². The van der Waals surface area contributed by atoms with Gasteiger partial charge in [0.1, 0.15) is 6.54 Å². The van der Waals surface area contributed by atoms with Crippen molar-refractivity contribution in [1.82, 2.24) is 0 Å². The minimum absolute atomic E-state index is 0.211. The fourth-order valence-electron chi connectivity index (χ4n) is 3.76. The van der Waals surface area contributed by atoms with Crippen molar-refractivity contribution in [1.29, 1.82) is 0 Å². The third-order valence-corrected chi connectivity index (χ3v) is 5.37. The molecule has 0 saturated carbocycles. The Balaban J connectivity index is 1.90. The van der Waals surface area contributed by atoms with Gasteiger partial charge in [0.25, 0.3) is 0 Å². The third kappa shape index (κ3) is 4.55. The zero-order valence-corrected chi connectivity index (χ0v) is 18.0. The molecule has 0 radical (unpaired) electrons. The minimum Gasteiger partial charge on any atom is -0.493 e. The van der Waals surface area contributed by atoms with Crippen LogP contribution in [0.1, 0.15) is 22.3 Å². The zero-order valence-electron chi connectivity index (χ0n) is 18.0. The summed E-state index contributed by atoms with van der Waals surface area (Å²) in [5.74, 6) is 0.492. The number of aliphatic imine (C=N–C) groups is 1. The first kappa shape index (κ1) is 22.4. The summed E-state index contributed by atoms with van der Waals surface area (Å²) >= 11 is 0. The van der Waals surface area contributed by atoms with E-state index in [1.165, 1.54) is 20.3 Å². The smallest absolute Gasteiger partial charge is 0.416 e. The molecule has 4 rings (SSSR count). The van der Waals surface area contributed by atoms with Crippen LogP contribution in [0.15, 0.2) is 71.7 Å². The number of anilines is 1. The van der Waals surface area contributed by atoms with Crippen LogP contribution in [0.25, 0.3) is 0 Å². The Hall–Kier alpha value is -3.81. The summed E-state index contributed by atoms with van der Waals surface area (Å²) in [5.41, 5.74) is 1.60. The number of carbonyl (C=O) groups excluding carboxylic acids is 1. The second kappa shape index (κ2) is 8.97. The van der Waals surface area contributed by atoms with E-state index in [1.807, 2.05) is 30.3 Å². The number of amides is 1. The van der Waals surface area contributed by atoms with Crippen LogP contribution in [-0.2, 0) is 17.5 Å². The van der Waals surface area contributed by atoms with Gasteiger partial charge in [-0.3, -0.25) is 9.79 Å². The van der Waals surface area contributed by atoms with Gasteiger partial charge < -0.3 is 14.4 Å². The van der Waals surface area contributed by atoms with E-state index in [1.54, 1.807) is 23.1 Å². The van der Waals surface area contributed by atoms with Gasteiger partial charge in [-0.15, -0.1) is 0 Å². The molecule has 1 aliphatic rings. The number of carbonyl (C=O) groups is 1. The SMILES string of the molecule is COc1cc2c(cc1OC)N(Cc1ccccc1)C(=O)CN=C2c1cccc(C(F)(F)F)c1. The van der Waals surface area contributed by atoms with Gasteiger partial charge in [-0.25, -0.2) is 0 Å². The van der Waals surface area contributed by atoms with Crippen molar-refractivity contribution in [3.8, 4) is 11.5 Å². The Kier molecular flexibility index (Phi) is 6.09. The predicted molar refractivity (Wildman–Crippen MR) is 119 cm³/mol. The lowest BCUT2D eigenvalue weighted by Gasteiger charge is -2.25. The largest absolute Gasteiger partial charge is 0.493 e. The fraction of sp³-hybridized carbons (Fsp3) is 0.200. The third-order valence-electron chi connectivity index (χ3n) is 5.37. The van der Waals surface area contributed by atoms with Gasteiger partial charge in [0.2, 0.25) is 5.91 Å². The average Bonchev–Trinajstić information content (AvgIpc) is 2.94. The highest BCUT2D eigenvalue weighted by molar-refractivity contribution is 6.20. The highest BCUT2D eigenvalue weighted by Gasteiger charge is 2.32. The van der Waals surface area contributed by atoms with Crippen LogP contribution in [0, 0.1) is 0 Å². The number of nitrogens with zero attached hydrogens (tertiary/aromatic N) is 2. The zero-order chi connectivity index (χ0) is 23.6. The Morgan fingerprint density at radius 1 is 0.939 bits per heavy atom. The summed E-state index contributed by atoms with van der Waals surface area (Å²) in [6, 6.07) is 17.6. The molecule has 3 aromatic rings. The molecule has 5 nitrogen and oxygen atoms in total. The number of methoxy groups -OCH3 is 2. The number of benzene rings is 3. The molecular weight excluding hydrogens is 433 g/mol. The van der Waals surface area contributed by atoms with Crippen molar-refractivity contribution in [3.63, 3.8) is 0 Å². The van der Waals surface area contributed by atoms with Crippen LogP contribution >= 0.6 is 0 Å². The van der Waals surface area contributed by atoms with Gasteiger partial charge in [-0.05, 0) is 23.8 Å². The predicted octanol–water partition coefficient (Wildman–Crippen LogP) is 5.11. The molecule has 1 aliphatic heterocycles. The van der Waals surface area contributed by atoms with E-state index in [-0.39, 0.29) is 30.3 Å². The number of fused-ring (bicyclic) bond motifs is 1. The van der Waals surface area contributed by atoms with E-state index in [9.17, 15) is 18.0 Å². The minimum atomic E-state index is -4.50. The second-order valence-corrected chi connectivity index (χ2v) is 7.43. The maximum atomic E-state index is 13.4. The normalized spacial score (nSPS) is 13.8. The summed E-state index contributed by atoms with van der Waals surface area (Å²) in [6.45, 7) is 0.0608. The van der Waals surface area contributed by atoms with Gasteiger partial charge in [0.05, 0.1) is 37.7 Å². The molecule has 0 N–H and O–H groups in total. The van der Waals surface area contributed by atoms with Crippen molar-refractivity contribution >= 4 is 17.3 Å². The number of halogens is 3. The molecule has 1 amide bonds. The molecule has 3 aromatic carbocycles. The van der Waals surface area contributed by atoms with E-state index in [4.69, 9.17) is 9.47 Å². The van der Waals surface area contributed by atoms with Crippen molar-refractivity contribution in [2.75, 3.05) is 25.7 Å². The molecule has 0 aromatic heterocycles. The van der Waals surface area contributed by atoms with Gasteiger partial charge in [-0.2, -0.15) is 13.2 Å². The molecule has 0 spiro atoms. The summed E-state index contributed by atoms with van der Waals surface area (Å²) in [4.78, 5) is 19.1. The van der Waals surface area contributed by atoms with Crippen LogP contribution < -0.4 is 14.4 Å². The number of hydrogen-bond donors (Lipinski definition) is 0. The molecule has 0 fully saturated rings. The highest BCUT2D eigenvalue weighted by Crippen LogP contribution is 2.39. The average molecular weight is 454 g/mol. The first-order valence-electron chi connectivity index (χ1n) is 10.1. The summed E-state index contributed by atoms with van der Waals surface area (Å²) in [6.07, 6.45) is -4.50. The number of alkyl halides is 3. The van der Waals surface area contributed by atoms with Gasteiger partial charge in [0, 0.05) is 17.2 Å². The van der Waals surface area contributed by atoms with Crippen LogP contribution in [0.5, 0.6) is 11.5 Å². The molecular formula is C25H21F3N2O3. The topological polar surface area (TPSA) is 51.1 Å². The Morgan fingerprint density at radius 3 is 2.30 bits per heavy atom. The maximum Gasteiger partial charge on any atom is 0.416 e. The lowest BCUT2D eigenvalue weighted by Crippen LogP contribution is -2.32. The maximum absolute atomic E-state index is 13.4. The van der Waals surface area contributed by atoms with Crippen LogP contribution in [0.2, 0.25) is 0 Å². The number of ether oxygens (including phenoxy) is 2. The Bertz CT molecular complexity index is 1210. The Labute approximate surface area is 189 Å². The molecule has 8 heteroatoms. The molecule has 0 atom stereocenters. The van der Waals surface area contributed by atoms with Crippen LogP contribution in [0.3, 0.4) is 0 Å². The summed E-state index contributed by atoms with van der Waals surface area (Å²) < 4.78 is 50.9. The van der Waals surface area contributed by atoms with Crippen molar-refractivity contribution < 1.29 is 27.4 Å². The van der Waals surface area contributed by atoms with E-state index in [0.717, 1.165) is 17.7 Å². The van der Waals surface area contributed by atoms with Crippen molar-refractivity contribution in [2.45, 2.75) is 12.7 Å². The second-order valence-electron chi connectivity index (χ2n) is 7.43. The van der Waals surface area contributed by atoms with Crippen molar-refractivity contribution in [3.05, 3.63) is 89.0 Å². The van der Waals surface area contributed by atoms with E-state index in [2.05, 4.69) is 4.99 Å². The number of benzodiazepines with no additional fused rings is 1. The molecule has 0 bridgehead atoms. The Morgan fingerprint density at radius 2 is 1.64 bits per heavy atom. The fourth-order valence-corrected chi connectivity index (χ4v) is 3.76. The molecule has 33 heavy (non-hydrogen) atoms. The molecule has 1 heterocycles. The first-order valence-corrected chi connectivity index (χ1v) is 10.1. The van der Waals surface area contributed by atoms with Crippen molar-refractivity contribution in [2.24, 2.45) is 4.99 Å². The van der Waals surface area contributed by atoms with E-state index < -0.39 is 11.7 Å². The molecule has 0 aliphatic carbocycles. The first-order chi connectivity index (χ1) is 15.8. The number of hydrogen-bond acceptors (Lipinski definition) is 4. The number of rotatable bonds is 5. The van der Waals surface area contributed by atoms with Gasteiger partial charge in [-0.1, -0.05) is 42.5 Å². The van der Waals surface area contributed by atoms with E-state index in [0.29, 0.717) is 22.7 Å². The summed E-state index contributed by atoms with van der Waals surface area (Å²) in [5, 5.41) is 0. The quantitative estimate of drug-likeness (QED) is 0.539. The monoisotopic (exact) mass is 454 g/mol. The van der Waals surface area contributed by atoms with Gasteiger partial charge in [0.15, 0.2) is 11.5 Å². The summed E-state index contributed by atoms with van der Waals surface area (Å²) in [7, 11) is 2.95. The van der Waals surface area contributed by atoms with E-state index >= 15 is 0 Å². The lowest BCUT2D eigenvalue weighted by atomic mass is 9.97. The molecule has 0 saturated heterocycles.